The van der Waals surface area contributed by atoms with E-state index in [0.29, 0.717) is 6.54 Å². The maximum atomic E-state index is 11.1. The molecule has 0 spiro atoms. The molecule has 144 valence electrons. The highest BCUT2D eigenvalue weighted by atomic mass is 16.5. The number of carbonyl (C=O) groups is 1. The van der Waals surface area contributed by atoms with E-state index < -0.39 is 5.91 Å². The Labute approximate surface area is 168 Å². The summed E-state index contributed by atoms with van der Waals surface area (Å²) in [6.45, 7) is 0.679. The second-order valence-electron chi connectivity index (χ2n) is 6.72. The van der Waals surface area contributed by atoms with Crippen LogP contribution in [0.25, 0.3) is 28.2 Å². The van der Waals surface area contributed by atoms with E-state index in [1.165, 1.54) is 11.5 Å². The van der Waals surface area contributed by atoms with Gasteiger partial charge in [-0.1, -0.05) is 60.7 Å². The third-order valence-electron chi connectivity index (χ3n) is 4.75. The largest absolute Gasteiger partial charge is 0.380 e. The average molecular weight is 383 g/mol. The molecule has 0 radical (unpaired) electrons. The SMILES string of the molecule is O=C(C=Cc1ccc(CNc2ccccc2-c2cc3ccccc3[nH]2)cc1)NO. The van der Waals surface area contributed by atoms with Crippen LogP contribution < -0.4 is 10.8 Å². The van der Waals surface area contributed by atoms with Crippen molar-refractivity contribution in [3.63, 3.8) is 0 Å². The molecule has 0 bridgehead atoms. The van der Waals surface area contributed by atoms with Crippen molar-refractivity contribution in [3.8, 4) is 11.3 Å². The molecule has 0 unspecified atom stereocenters. The van der Waals surface area contributed by atoms with Gasteiger partial charge < -0.3 is 10.3 Å². The molecule has 5 nitrogen and oxygen atoms in total. The van der Waals surface area contributed by atoms with Gasteiger partial charge in [-0.3, -0.25) is 10.0 Å². The van der Waals surface area contributed by atoms with Crippen molar-refractivity contribution in [2.75, 3.05) is 5.32 Å². The van der Waals surface area contributed by atoms with E-state index in [9.17, 15) is 4.79 Å². The van der Waals surface area contributed by atoms with E-state index in [1.54, 1.807) is 11.6 Å². The number of aromatic amines is 1. The minimum Gasteiger partial charge on any atom is -0.380 e. The fourth-order valence-corrected chi connectivity index (χ4v) is 3.24. The quantitative estimate of drug-likeness (QED) is 0.216. The van der Waals surface area contributed by atoms with Crippen LogP contribution in [0, 0.1) is 0 Å². The smallest absolute Gasteiger partial charge is 0.267 e. The lowest BCUT2D eigenvalue weighted by atomic mass is 10.1. The van der Waals surface area contributed by atoms with Crippen LogP contribution in [0.2, 0.25) is 0 Å². The van der Waals surface area contributed by atoms with Crippen molar-refractivity contribution in [2.24, 2.45) is 0 Å². The molecule has 4 rings (SSSR count). The first-order valence-electron chi connectivity index (χ1n) is 9.35. The Kier molecular flexibility index (Phi) is 5.40. The first-order chi connectivity index (χ1) is 14.2. The van der Waals surface area contributed by atoms with Crippen molar-refractivity contribution >= 4 is 28.6 Å². The van der Waals surface area contributed by atoms with Gasteiger partial charge in [-0.05, 0) is 35.4 Å². The van der Waals surface area contributed by atoms with E-state index in [-0.39, 0.29) is 0 Å². The van der Waals surface area contributed by atoms with Gasteiger partial charge in [0.2, 0.25) is 0 Å². The fourth-order valence-electron chi connectivity index (χ4n) is 3.24. The van der Waals surface area contributed by atoms with Gasteiger partial charge in [0.25, 0.3) is 5.91 Å². The van der Waals surface area contributed by atoms with E-state index in [1.807, 2.05) is 48.5 Å². The summed E-state index contributed by atoms with van der Waals surface area (Å²) in [4.78, 5) is 14.5. The number of benzene rings is 3. The lowest BCUT2D eigenvalue weighted by Crippen LogP contribution is -2.14. The molecule has 5 heteroatoms. The molecule has 1 heterocycles. The maximum Gasteiger partial charge on any atom is 0.267 e. The number of carbonyl (C=O) groups excluding carboxylic acids is 1. The molecule has 0 aliphatic rings. The van der Waals surface area contributed by atoms with Crippen molar-refractivity contribution in [2.45, 2.75) is 6.54 Å². The topological polar surface area (TPSA) is 77.2 Å². The number of hydrogen-bond acceptors (Lipinski definition) is 3. The number of hydrogen-bond donors (Lipinski definition) is 4. The number of nitrogens with one attached hydrogen (secondary N) is 3. The zero-order valence-corrected chi connectivity index (χ0v) is 15.7. The van der Waals surface area contributed by atoms with Crippen molar-refractivity contribution in [3.05, 3.63) is 96.1 Å². The molecule has 0 saturated carbocycles. The summed E-state index contributed by atoms with van der Waals surface area (Å²) < 4.78 is 0. The predicted molar refractivity (Wildman–Crippen MR) is 116 cm³/mol. The molecule has 1 aromatic heterocycles. The number of anilines is 1. The number of para-hydroxylation sites is 2. The number of hydroxylamine groups is 1. The van der Waals surface area contributed by atoms with Crippen LogP contribution in [0.3, 0.4) is 0 Å². The number of aromatic nitrogens is 1. The van der Waals surface area contributed by atoms with Crippen molar-refractivity contribution < 1.29 is 10.0 Å². The first-order valence-corrected chi connectivity index (χ1v) is 9.35. The minimum atomic E-state index is -0.552. The molecule has 3 aromatic carbocycles. The zero-order valence-electron chi connectivity index (χ0n) is 15.7. The van der Waals surface area contributed by atoms with Crippen LogP contribution in [0.15, 0.2) is 84.9 Å². The van der Waals surface area contributed by atoms with E-state index in [2.05, 4.69) is 40.6 Å². The van der Waals surface area contributed by atoms with Gasteiger partial charge in [0, 0.05) is 40.5 Å². The van der Waals surface area contributed by atoms with Gasteiger partial charge in [0.15, 0.2) is 0 Å². The zero-order chi connectivity index (χ0) is 20.1. The monoisotopic (exact) mass is 383 g/mol. The van der Waals surface area contributed by atoms with E-state index in [0.717, 1.165) is 33.6 Å². The molecule has 0 atom stereocenters. The van der Waals surface area contributed by atoms with Gasteiger partial charge in [0.1, 0.15) is 0 Å². The second kappa shape index (κ2) is 8.46. The fraction of sp³-hybridized carbons (Fsp3) is 0.0417. The Morgan fingerprint density at radius 1 is 0.966 bits per heavy atom. The highest BCUT2D eigenvalue weighted by molar-refractivity contribution is 5.91. The van der Waals surface area contributed by atoms with Crippen LogP contribution >= 0.6 is 0 Å². The van der Waals surface area contributed by atoms with Crippen LogP contribution in [0.4, 0.5) is 5.69 Å². The molecule has 4 aromatic rings. The van der Waals surface area contributed by atoms with Gasteiger partial charge >= 0.3 is 0 Å². The van der Waals surface area contributed by atoms with E-state index in [4.69, 9.17) is 5.21 Å². The molecule has 0 fully saturated rings. The number of fused-ring (bicyclic) bond motifs is 1. The molecule has 0 aliphatic carbocycles. The first kappa shape index (κ1) is 18.5. The molecular weight excluding hydrogens is 362 g/mol. The maximum absolute atomic E-state index is 11.1. The Balaban J connectivity index is 1.49. The molecular formula is C24H21N3O2. The molecule has 1 amide bonds. The van der Waals surface area contributed by atoms with Crippen molar-refractivity contribution in [1.82, 2.24) is 10.5 Å². The van der Waals surface area contributed by atoms with Crippen molar-refractivity contribution in [1.29, 1.82) is 0 Å². The Morgan fingerprint density at radius 2 is 1.72 bits per heavy atom. The van der Waals surface area contributed by atoms with Crippen LogP contribution in [0.1, 0.15) is 11.1 Å². The van der Waals surface area contributed by atoms with Gasteiger partial charge in [-0.2, -0.15) is 0 Å². The number of rotatable bonds is 6. The summed E-state index contributed by atoms with van der Waals surface area (Å²) in [6, 6.07) is 26.5. The minimum absolute atomic E-state index is 0.552. The lowest BCUT2D eigenvalue weighted by molar-refractivity contribution is -0.124. The molecule has 4 N–H and O–H groups in total. The average Bonchev–Trinajstić information content (AvgIpc) is 3.21. The van der Waals surface area contributed by atoms with Crippen LogP contribution in [-0.4, -0.2) is 16.1 Å². The summed E-state index contributed by atoms with van der Waals surface area (Å²) in [5.74, 6) is -0.552. The second-order valence-corrected chi connectivity index (χ2v) is 6.72. The summed E-state index contributed by atoms with van der Waals surface area (Å²) >= 11 is 0. The van der Waals surface area contributed by atoms with Crippen LogP contribution in [-0.2, 0) is 11.3 Å². The van der Waals surface area contributed by atoms with E-state index >= 15 is 0 Å². The molecule has 0 aliphatic heterocycles. The summed E-state index contributed by atoms with van der Waals surface area (Å²) in [5.41, 5.74) is 7.97. The highest BCUT2D eigenvalue weighted by Crippen LogP contribution is 2.30. The normalized spacial score (nSPS) is 11.1. The third kappa shape index (κ3) is 4.36. The van der Waals surface area contributed by atoms with Gasteiger partial charge in [-0.25, -0.2) is 5.48 Å². The predicted octanol–water partition coefficient (Wildman–Crippen LogP) is 4.97. The summed E-state index contributed by atoms with van der Waals surface area (Å²) in [7, 11) is 0. The highest BCUT2D eigenvalue weighted by Gasteiger charge is 2.07. The Hall–Kier alpha value is -3.83. The summed E-state index contributed by atoms with van der Waals surface area (Å²) in [5, 5.41) is 13.2. The summed E-state index contributed by atoms with van der Waals surface area (Å²) in [6.07, 6.45) is 2.93. The number of amides is 1. The molecule has 0 saturated heterocycles. The lowest BCUT2D eigenvalue weighted by Gasteiger charge is -2.11. The molecule has 29 heavy (non-hydrogen) atoms. The van der Waals surface area contributed by atoms with Gasteiger partial charge in [0.05, 0.1) is 0 Å². The number of H-pyrrole nitrogens is 1. The Morgan fingerprint density at radius 3 is 2.52 bits per heavy atom. The third-order valence-corrected chi connectivity index (χ3v) is 4.75. The van der Waals surface area contributed by atoms with Gasteiger partial charge in [-0.15, -0.1) is 0 Å². The Bertz CT molecular complexity index is 1130. The van der Waals surface area contributed by atoms with Crippen LogP contribution in [0.5, 0.6) is 0 Å². The standard InChI is InChI=1S/C24H21N3O2/c28-24(27-29)14-13-17-9-11-18(12-10-17)16-25-22-8-4-2-6-20(22)23-15-19-5-1-3-7-21(19)26-23/h1-15,25-26,29H,16H2,(H,27,28).